The van der Waals surface area contributed by atoms with Crippen molar-refractivity contribution in [1.82, 2.24) is 5.32 Å². The molecule has 1 saturated carbocycles. The Hall–Kier alpha value is -0.770. The summed E-state index contributed by atoms with van der Waals surface area (Å²) in [6, 6.07) is 5.30. The van der Waals surface area contributed by atoms with E-state index in [-0.39, 0.29) is 17.9 Å². The van der Waals surface area contributed by atoms with Crippen LogP contribution in [0.4, 0.5) is 0 Å². The molecular weight excluding hydrogens is 238 g/mol. The molecule has 0 aliphatic heterocycles. The fraction of sp³-hybridized carbons (Fsp3) is 0.538. The maximum absolute atomic E-state index is 9.79. The van der Waals surface area contributed by atoms with E-state index in [1.54, 1.807) is 6.07 Å². The number of halogens is 1. The van der Waals surface area contributed by atoms with Crippen LogP contribution in [0, 0.1) is 5.92 Å². The van der Waals surface area contributed by atoms with Gasteiger partial charge in [-0.1, -0.05) is 23.7 Å². The molecule has 0 heterocycles. The summed E-state index contributed by atoms with van der Waals surface area (Å²) in [5, 5.41) is 22.9. The quantitative estimate of drug-likeness (QED) is 0.757. The molecule has 1 aromatic carbocycles. The number of aliphatic hydroxyl groups is 1. The Labute approximate surface area is 106 Å². The van der Waals surface area contributed by atoms with Crippen LogP contribution in [-0.2, 0) is 6.54 Å². The van der Waals surface area contributed by atoms with Crippen molar-refractivity contribution in [2.24, 2.45) is 5.92 Å². The molecule has 94 valence electrons. The highest BCUT2D eigenvalue weighted by Crippen LogP contribution is 2.39. The first-order valence-corrected chi connectivity index (χ1v) is 6.27. The third kappa shape index (κ3) is 2.73. The molecular formula is C13H18ClNO2. The average Bonchev–Trinajstić information content (AvgIpc) is 3.15. The van der Waals surface area contributed by atoms with Crippen molar-refractivity contribution in [1.29, 1.82) is 0 Å². The predicted octanol–water partition coefficient (Wildman–Crippen LogP) is 2.30. The van der Waals surface area contributed by atoms with Crippen molar-refractivity contribution in [2.45, 2.75) is 31.8 Å². The Morgan fingerprint density at radius 3 is 2.76 bits per heavy atom. The number of para-hydroxylation sites is 1. The zero-order chi connectivity index (χ0) is 12.5. The lowest BCUT2D eigenvalue weighted by Crippen LogP contribution is -2.47. The van der Waals surface area contributed by atoms with E-state index in [4.69, 9.17) is 11.6 Å². The summed E-state index contributed by atoms with van der Waals surface area (Å²) in [6.45, 7) is 2.64. The Kier molecular flexibility index (Phi) is 3.61. The van der Waals surface area contributed by atoms with E-state index >= 15 is 0 Å². The molecule has 0 bridgehead atoms. The van der Waals surface area contributed by atoms with E-state index < -0.39 is 0 Å². The third-order valence-electron chi connectivity index (χ3n) is 3.56. The lowest BCUT2D eigenvalue weighted by Gasteiger charge is -2.29. The van der Waals surface area contributed by atoms with E-state index in [9.17, 15) is 10.2 Å². The smallest absolute Gasteiger partial charge is 0.138 e. The van der Waals surface area contributed by atoms with Gasteiger partial charge in [-0.05, 0) is 31.7 Å². The largest absolute Gasteiger partial charge is 0.506 e. The van der Waals surface area contributed by atoms with Gasteiger partial charge in [-0.25, -0.2) is 0 Å². The summed E-state index contributed by atoms with van der Waals surface area (Å²) in [5.41, 5.74) is 0.507. The van der Waals surface area contributed by atoms with Crippen LogP contribution in [0.1, 0.15) is 25.3 Å². The number of rotatable bonds is 5. The summed E-state index contributed by atoms with van der Waals surface area (Å²) in [5.74, 6) is 0.659. The van der Waals surface area contributed by atoms with Gasteiger partial charge >= 0.3 is 0 Å². The fourth-order valence-corrected chi connectivity index (χ4v) is 2.24. The highest BCUT2D eigenvalue weighted by molar-refractivity contribution is 6.32. The van der Waals surface area contributed by atoms with Crippen molar-refractivity contribution in [2.75, 3.05) is 6.61 Å². The van der Waals surface area contributed by atoms with Gasteiger partial charge in [0.05, 0.1) is 11.6 Å². The molecule has 1 aliphatic carbocycles. The summed E-state index contributed by atoms with van der Waals surface area (Å²) >= 11 is 5.85. The minimum Gasteiger partial charge on any atom is -0.506 e. The third-order valence-corrected chi connectivity index (χ3v) is 3.86. The highest BCUT2D eigenvalue weighted by atomic mass is 35.5. The Morgan fingerprint density at radius 2 is 2.18 bits per heavy atom. The van der Waals surface area contributed by atoms with Crippen molar-refractivity contribution in [3.05, 3.63) is 28.8 Å². The van der Waals surface area contributed by atoms with Crippen molar-refractivity contribution >= 4 is 11.6 Å². The molecule has 0 saturated heterocycles. The molecule has 1 atom stereocenters. The fourth-order valence-electron chi connectivity index (χ4n) is 2.05. The van der Waals surface area contributed by atoms with Crippen molar-refractivity contribution in [3.8, 4) is 5.75 Å². The van der Waals surface area contributed by atoms with Crippen LogP contribution in [0.3, 0.4) is 0 Å². The van der Waals surface area contributed by atoms with Crippen LogP contribution in [0.2, 0.25) is 5.02 Å². The van der Waals surface area contributed by atoms with Gasteiger partial charge in [-0.2, -0.15) is 0 Å². The number of aliphatic hydroxyl groups excluding tert-OH is 1. The lowest BCUT2D eigenvalue weighted by molar-refractivity contribution is 0.153. The van der Waals surface area contributed by atoms with E-state index in [1.165, 1.54) is 0 Å². The SMILES string of the molecule is CC(CO)(NCc1cccc(Cl)c1O)C1CC1. The van der Waals surface area contributed by atoms with Gasteiger partial charge in [0.15, 0.2) is 0 Å². The number of nitrogens with one attached hydrogen (secondary N) is 1. The van der Waals surface area contributed by atoms with Gasteiger partial charge in [0.1, 0.15) is 5.75 Å². The molecule has 3 nitrogen and oxygen atoms in total. The van der Waals surface area contributed by atoms with Crippen LogP contribution in [-0.4, -0.2) is 22.4 Å². The number of aromatic hydroxyl groups is 1. The maximum Gasteiger partial charge on any atom is 0.138 e. The van der Waals surface area contributed by atoms with Crippen molar-refractivity contribution < 1.29 is 10.2 Å². The van der Waals surface area contributed by atoms with Gasteiger partial charge in [0.2, 0.25) is 0 Å². The van der Waals surface area contributed by atoms with Gasteiger partial charge in [-0.3, -0.25) is 0 Å². The van der Waals surface area contributed by atoms with E-state index in [1.807, 2.05) is 19.1 Å². The second kappa shape index (κ2) is 4.84. The molecule has 0 radical (unpaired) electrons. The monoisotopic (exact) mass is 255 g/mol. The maximum atomic E-state index is 9.79. The van der Waals surface area contributed by atoms with Crippen LogP contribution >= 0.6 is 11.6 Å². The second-order valence-electron chi connectivity index (χ2n) is 4.95. The molecule has 2 rings (SSSR count). The number of phenolic OH excluding ortho intramolecular Hbond substituents is 1. The molecule has 1 fully saturated rings. The zero-order valence-corrected chi connectivity index (χ0v) is 10.7. The number of hydrogen-bond donors (Lipinski definition) is 3. The first-order valence-electron chi connectivity index (χ1n) is 5.89. The molecule has 17 heavy (non-hydrogen) atoms. The topological polar surface area (TPSA) is 52.5 Å². The summed E-state index contributed by atoms with van der Waals surface area (Å²) in [4.78, 5) is 0. The first kappa shape index (κ1) is 12.7. The molecule has 1 unspecified atom stereocenters. The minimum absolute atomic E-state index is 0.110. The first-order chi connectivity index (χ1) is 8.07. The average molecular weight is 256 g/mol. The Bertz CT molecular complexity index is 406. The van der Waals surface area contributed by atoms with Gasteiger partial charge in [0.25, 0.3) is 0 Å². The molecule has 0 amide bonds. The molecule has 0 spiro atoms. The van der Waals surface area contributed by atoms with E-state index in [0.29, 0.717) is 17.5 Å². The van der Waals surface area contributed by atoms with Crippen LogP contribution in [0.25, 0.3) is 0 Å². The highest BCUT2D eigenvalue weighted by Gasteiger charge is 2.40. The van der Waals surface area contributed by atoms with Gasteiger partial charge < -0.3 is 15.5 Å². The Morgan fingerprint density at radius 1 is 1.47 bits per heavy atom. The zero-order valence-electron chi connectivity index (χ0n) is 9.91. The predicted molar refractivity (Wildman–Crippen MR) is 68.2 cm³/mol. The number of hydrogen-bond acceptors (Lipinski definition) is 3. The van der Waals surface area contributed by atoms with Crippen LogP contribution in [0.15, 0.2) is 18.2 Å². The molecule has 0 aromatic heterocycles. The van der Waals surface area contributed by atoms with E-state index in [2.05, 4.69) is 5.32 Å². The molecule has 4 heteroatoms. The molecule has 1 aromatic rings. The minimum atomic E-state index is -0.255. The standard InChI is InChI=1S/C13H18ClNO2/c1-13(8-16,10-5-6-10)15-7-9-3-2-4-11(14)12(9)17/h2-4,10,15-17H,5-8H2,1H3. The van der Waals surface area contributed by atoms with E-state index in [0.717, 1.165) is 18.4 Å². The normalized spacial score (nSPS) is 19.0. The molecule has 3 N–H and O–H groups in total. The van der Waals surface area contributed by atoms with Crippen molar-refractivity contribution in [3.63, 3.8) is 0 Å². The summed E-state index contributed by atoms with van der Waals surface area (Å²) < 4.78 is 0. The summed E-state index contributed by atoms with van der Waals surface area (Å²) in [6.07, 6.45) is 2.32. The number of phenols is 1. The van der Waals surface area contributed by atoms with Crippen LogP contribution < -0.4 is 5.32 Å². The van der Waals surface area contributed by atoms with Gasteiger partial charge in [0, 0.05) is 17.6 Å². The van der Waals surface area contributed by atoms with Gasteiger partial charge in [-0.15, -0.1) is 0 Å². The summed E-state index contributed by atoms with van der Waals surface area (Å²) in [7, 11) is 0. The lowest BCUT2D eigenvalue weighted by atomic mass is 9.96. The Balaban J connectivity index is 2.04. The second-order valence-corrected chi connectivity index (χ2v) is 5.36. The van der Waals surface area contributed by atoms with Crippen LogP contribution in [0.5, 0.6) is 5.75 Å². The molecule has 1 aliphatic rings. The number of benzene rings is 1.